The van der Waals surface area contributed by atoms with Crippen molar-refractivity contribution in [2.24, 2.45) is 5.41 Å². The van der Waals surface area contributed by atoms with Gasteiger partial charge >= 0.3 is 0 Å². The van der Waals surface area contributed by atoms with Crippen molar-refractivity contribution in [3.63, 3.8) is 0 Å². The number of fused-ring (bicyclic) bond motifs is 1. The predicted octanol–water partition coefficient (Wildman–Crippen LogP) is 2.99. The topological polar surface area (TPSA) is 85.6 Å². The van der Waals surface area contributed by atoms with Crippen LogP contribution in [0.15, 0.2) is 6.33 Å². The summed E-state index contributed by atoms with van der Waals surface area (Å²) in [5.74, 6) is 0.0704. The highest BCUT2D eigenvalue weighted by Gasteiger charge is 2.35. The molecular formula is C17H24N6OS. The highest BCUT2D eigenvalue weighted by atomic mass is 32.1. The van der Waals surface area contributed by atoms with Gasteiger partial charge in [-0.05, 0) is 54.4 Å². The fourth-order valence-electron chi connectivity index (χ4n) is 4.20. The molecular weight excluding hydrogens is 336 g/mol. The maximum Gasteiger partial charge on any atom is 0.226 e. The normalized spacial score (nSPS) is 19.4. The van der Waals surface area contributed by atoms with Gasteiger partial charge in [-0.1, -0.05) is 19.3 Å². The first kappa shape index (κ1) is 16.6. The lowest BCUT2D eigenvalue weighted by Gasteiger charge is -2.36. The first-order valence-electron chi connectivity index (χ1n) is 9.22. The molecule has 2 aliphatic rings. The smallest absolute Gasteiger partial charge is 0.226 e. The molecule has 0 unspecified atom stereocenters. The molecule has 1 fully saturated rings. The highest BCUT2D eigenvalue weighted by molar-refractivity contribution is 7.15. The molecule has 8 heteroatoms. The second-order valence-corrected chi connectivity index (χ2v) is 8.47. The first-order chi connectivity index (χ1) is 12.2. The van der Waals surface area contributed by atoms with Crippen molar-refractivity contribution in [1.82, 2.24) is 25.2 Å². The molecule has 7 nitrogen and oxygen atoms in total. The lowest BCUT2D eigenvalue weighted by Crippen LogP contribution is -2.34. The quantitative estimate of drug-likeness (QED) is 0.886. The van der Waals surface area contributed by atoms with Gasteiger partial charge in [0.05, 0.1) is 12.2 Å². The predicted molar refractivity (Wildman–Crippen MR) is 95.3 cm³/mol. The number of nitrogens with zero attached hydrogens (tertiary/aromatic N) is 5. The molecule has 0 bridgehead atoms. The number of aryl methyl sites for hydroxylation is 2. The summed E-state index contributed by atoms with van der Waals surface area (Å²) in [6.07, 6.45) is 12.4. The molecule has 1 amide bonds. The summed E-state index contributed by atoms with van der Waals surface area (Å²) in [7, 11) is 0. The number of nitrogens with one attached hydrogen (secondary N) is 1. The minimum atomic E-state index is -0.0470. The van der Waals surface area contributed by atoms with Crippen LogP contribution in [0.4, 0.5) is 5.13 Å². The van der Waals surface area contributed by atoms with Crippen LogP contribution < -0.4 is 5.32 Å². The van der Waals surface area contributed by atoms with Gasteiger partial charge in [0, 0.05) is 11.3 Å². The molecule has 2 heterocycles. The summed E-state index contributed by atoms with van der Waals surface area (Å²) in [6, 6.07) is 0. The van der Waals surface area contributed by atoms with Crippen LogP contribution in [0.25, 0.3) is 0 Å². The molecule has 1 N–H and O–H groups in total. The second kappa shape index (κ2) is 7.19. The van der Waals surface area contributed by atoms with Gasteiger partial charge < -0.3 is 5.32 Å². The summed E-state index contributed by atoms with van der Waals surface area (Å²) >= 11 is 1.65. The Bertz CT molecular complexity index is 696. The Hall–Kier alpha value is -1.83. The number of aromatic nitrogens is 5. The third kappa shape index (κ3) is 3.89. The van der Waals surface area contributed by atoms with Crippen molar-refractivity contribution in [2.45, 2.75) is 70.8 Å². The van der Waals surface area contributed by atoms with Crippen LogP contribution >= 0.6 is 11.3 Å². The number of carbonyl (C=O) groups excluding carboxylic acids is 1. The standard InChI is InChI=1S/C17H24N6OS/c24-15(20-16-19-13-6-2-3-7-14(13)25-16)10-17(8-4-1-5-9-17)11-23-12-18-21-22-23/h12H,1-11H2,(H,19,20,24). The van der Waals surface area contributed by atoms with Crippen molar-refractivity contribution in [2.75, 3.05) is 5.32 Å². The van der Waals surface area contributed by atoms with E-state index in [4.69, 9.17) is 0 Å². The van der Waals surface area contributed by atoms with Crippen LogP contribution in [0.5, 0.6) is 0 Å². The third-order valence-corrected chi connectivity index (χ3v) is 6.50. The van der Waals surface area contributed by atoms with Crippen molar-refractivity contribution >= 4 is 22.4 Å². The van der Waals surface area contributed by atoms with E-state index in [1.165, 1.54) is 42.7 Å². The minimum Gasteiger partial charge on any atom is -0.302 e. The molecule has 134 valence electrons. The third-order valence-electron chi connectivity index (χ3n) is 5.43. The van der Waals surface area contributed by atoms with Gasteiger partial charge in [-0.25, -0.2) is 9.67 Å². The summed E-state index contributed by atoms with van der Waals surface area (Å²) in [4.78, 5) is 18.7. The van der Waals surface area contributed by atoms with Gasteiger partial charge in [0.2, 0.25) is 5.91 Å². The van der Waals surface area contributed by atoms with Gasteiger partial charge in [-0.15, -0.1) is 16.4 Å². The molecule has 0 radical (unpaired) electrons. The lowest BCUT2D eigenvalue weighted by atomic mass is 9.71. The maximum absolute atomic E-state index is 12.7. The Morgan fingerprint density at radius 2 is 2.04 bits per heavy atom. The highest BCUT2D eigenvalue weighted by Crippen LogP contribution is 2.41. The van der Waals surface area contributed by atoms with E-state index in [1.54, 1.807) is 22.3 Å². The van der Waals surface area contributed by atoms with Crippen molar-refractivity contribution in [1.29, 1.82) is 0 Å². The molecule has 0 atom stereocenters. The molecule has 0 spiro atoms. The van der Waals surface area contributed by atoms with Gasteiger partial charge in [0.1, 0.15) is 6.33 Å². The van der Waals surface area contributed by atoms with Crippen LogP contribution in [0.2, 0.25) is 0 Å². The zero-order chi connectivity index (χ0) is 17.1. The fourth-order valence-corrected chi connectivity index (χ4v) is 5.26. The van der Waals surface area contributed by atoms with Gasteiger partial charge in [-0.2, -0.15) is 0 Å². The van der Waals surface area contributed by atoms with Gasteiger partial charge in [-0.3, -0.25) is 4.79 Å². The molecule has 0 aromatic carbocycles. The monoisotopic (exact) mass is 360 g/mol. The average molecular weight is 360 g/mol. The van der Waals surface area contributed by atoms with Crippen molar-refractivity contribution in [3.8, 4) is 0 Å². The zero-order valence-electron chi connectivity index (χ0n) is 14.4. The van der Waals surface area contributed by atoms with Crippen LogP contribution in [0.1, 0.15) is 61.9 Å². The summed E-state index contributed by atoms with van der Waals surface area (Å²) < 4.78 is 1.76. The zero-order valence-corrected chi connectivity index (χ0v) is 15.2. The Kier molecular flexibility index (Phi) is 4.78. The van der Waals surface area contributed by atoms with Crippen molar-refractivity contribution in [3.05, 3.63) is 16.9 Å². The number of amides is 1. The Labute approximate surface area is 151 Å². The summed E-state index contributed by atoms with van der Waals surface area (Å²) in [5, 5.41) is 15.3. The van der Waals surface area contributed by atoms with Gasteiger partial charge in [0.15, 0.2) is 5.13 Å². The molecule has 4 rings (SSSR count). The Morgan fingerprint density at radius 3 is 2.80 bits per heavy atom. The number of tetrazole rings is 1. The molecule has 2 aromatic rings. The average Bonchev–Trinajstić information content (AvgIpc) is 3.24. The number of thiazole rings is 1. The molecule has 0 aliphatic heterocycles. The second-order valence-electron chi connectivity index (χ2n) is 7.39. The van der Waals surface area contributed by atoms with Crippen molar-refractivity contribution < 1.29 is 4.79 Å². The SMILES string of the molecule is O=C(CC1(Cn2cnnn2)CCCCC1)Nc1nc2c(s1)CCCC2. The van der Waals surface area contributed by atoms with E-state index >= 15 is 0 Å². The van der Waals surface area contributed by atoms with E-state index in [2.05, 4.69) is 25.8 Å². The maximum atomic E-state index is 12.7. The van der Waals surface area contributed by atoms with Crippen LogP contribution in [0.3, 0.4) is 0 Å². The number of hydrogen-bond acceptors (Lipinski definition) is 6. The molecule has 2 aliphatic carbocycles. The van der Waals surface area contributed by atoms with E-state index < -0.39 is 0 Å². The van der Waals surface area contributed by atoms with Crippen LogP contribution in [-0.2, 0) is 24.2 Å². The Balaban J connectivity index is 1.44. The van der Waals surface area contributed by atoms with Gasteiger partial charge in [0.25, 0.3) is 0 Å². The van der Waals surface area contributed by atoms with E-state index in [9.17, 15) is 4.79 Å². The number of rotatable bonds is 5. The molecule has 2 aromatic heterocycles. The number of anilines is 1. The minimum absolute atomic E-state index is 0.0470. The van der Waals surface area contributed by atoms with Crippen LogP contribution in [0, 0.1) is 5.41 Å². The van der Waals surface area contributed by atoms with E-state index in [-0.39, 0.29) is 11.3 Å². The fraction of sp³-hybridized carbons (Fsp3) is 0.706. The molecule has 25 heavy (non-hydrogen) atoms. The molecule has 0 saturated heterocycles. The first-order valence-corrected chi connectivity index (χ1v) is 10.0. The number of hydrogen-bond donors (Lipinski definition) is 1. The van der Waals surface area contributed by atoms with E-state index in [1.807, 2.05) is 0 Å². The van der Waals surface area contributed by atoms with E-state index in [0.29, 0.717) is 13.0 Å². The lowest BCUT2D eigenvalue weighted by molar-refractivity contribution is -0.119. The number of carbonyl (C=O) groups is 1. The largest absolute Gasteiger partial charge is 0.302 e. The summed E-state index contributed by atoms with van der Waals surface area (Å²) in [6.45, 7) is 0.710. The van der Waals surface area contributed by atoms with E-state index in [0.717, 1.165) is 30.8 Å². The van der Waals surface area contributed by atoms with Crippen LogP contribution in [-0.4, -0.2) is 31.1 Å². The Morgan fingerprint density at radius 1 is 1.20 bits per heavy atom. The summed E-state index contributed by atoms with van der Waals surface area (Å²) in [5.41, 5.74) is 1.14. The molecule has 1 saturated carbocycles.